The molecular weight excluding hydrogens is 468 g/mol. The van der Waals surface area contributed by atoms with E-state index in [1.807, 2.05) is 26.0 Å². The van der Waals surface area contributed by atoms with E-state index in [2.05, 4.69) is 9.44 Å². The molecule has 34 heavy (non-hydrogen) atoms. The maximum atomic E-state index is 13.1. The Hall–Kier alpha value is -3.36. The van der Waals surface area contributed by atoms with Crippen LogP contribution in [0, 0.1) is 27.7 Å². The molecule has 8 heteroatoms. The second-order valence-electron chi connectivity index (χ2n) is 8.46. The minimum Gasteiger partial charge on any atom is -0.279 e. The molecule has 0 fully saturated rings. The lowest BCUT2D eigenvalue weighted by Crippen LogP contribution is -2.16. The fourth-order valence-electron chi connectivity index (χ4n) is 4.08. The molecular formula is C26H26N2O4S2. The smallest absolute Gasteiger partial charge is 0.262 e. The second kappa shape index (κ2) is 8.77. The van der Waals surface area contributed by atoms with Crippen molar-refractivity contribution in [3.05, 3.63) is 95.1 Å². The van der Waals surface area contributed by atoms with Crippen molar-refractivity contribution in [1.29, 1.82) is 0 Å². The van der Waals surface area contributed by atoms with Gasteiger partial charge in [0.25, 0.3) is 20.0 Å². The molecule has 4 aromatic rings. The molecule has 0 unspecified atom stereocenters. The van der Waals surface area contributed by atoms with Gasteiger partial charge >= 0.3 is 0 Å². The number of rotatable bonds is 6. The molecule has 0 amide bonds. The van der Waals surface area contributed by atoms with Gasteiger partial charge in [-0.3, -0.25) is 9.44 Å². The minimum absolute atomic E-state index is 0.196. The van der Waals surface area contributed by atoms with Crippen molar-refractivity contribution in [2.75, 3.05) is 9.44 Å². The van der Waals surface area contributed by atoms with Crippen LogP contribution in [0.1, 0.15) is 22.3 Å². The third-order valence-corrected chi connectivity index (χ3v) is 8.70. The molecule has 6 nitrogen and oxygen atoms in total. The SMILES string of the molecule is Cc1ccc(S(=O)(=O)Nc2ccc(NS(=O)(=O)c3ccc(C)cc3C)c3ccccc23)c(C)c1. The zero-order valence-corrected chi connectivity index (χ0v) is 21.0. The van der Waals surface area contributed by atoms with Crippen LogP contribution in [0.25, 0.3) is 10.8 Å². The molecule has 4 aromatic carbocycles. The van der Waals surface area contributed by atoms with E-state index in [-0.39, 0.29) is 9.79 Å². The maximum absolute atomic E-state index is 13.1. The first-order chi connectivity index (χ1) is 16.0. The van der Waals surface area contributed by atoms with E-state index >= 15 is 0 Å². The summed E-state index contributed by atoms with van der Waals surface area (Å²) >= 11 is 0. The summed E-state index contributed by atoms with van der Waals surface area (Å²) in [7, 11) is -7.68. The van der Waals surface area contributed by atoms with Gasteiger partial charge in [-0.15, -0.1) is 0 Å². The lowest BCUT2D eigenvalue weighted by Gasteiger charge is -2.16. The monoisotopic (exact) mass is 494 g/mol. The van der Waals surface area contributed by atoms with Gasteiger partial charge in [-0.1, -0.05) is 59.7 Å². The third-order valence-electron chi connectivity index (χ3n) is 5.65. The molecule has 0 heterocycles. The standard InChI is InChI=1S/C26H26N2O4S2/c1-17-9-13-25(19(3)15-17)33(29,30)27-23-11-12-24(22-8-6-5-7-21(22)23)28-34(31,32)26-14-10-18(2)16-20(26)4/h5-16,27-28H,1-4H3. The van der Waals surface area contributed by atoms with E-state index in [0.29, 0.717) is 33.3 Å². The molecule has 0 saturated carbocycles. The van der Waals surface area contributed by atoms with Gasteiger partial charge in [0.15, 0.2) is 0 Å². The molecule has 0 radical (unpaired) electrons. The van der Waals surface area contributed by atoms with Gasteiger partial charge in [-0.05, 0) is 63.1 Å². The summed E-state index contributed by atoms with van der Waals surface area (Å²) in [5.74, 6) is 0. The van der Waals surface area contributed by atoms with Crippen molar-refractivity contribution < 1.29 is 16.8 Å². The lowest BCUT2D eigenvalue weighted by molar-refractivity contribution is 0.599. The molecule has 0 aliphatic heterocycles. The Balaban J connectivity index is 1.75. The average Bonchev–Trinajstić information content (AvgIpc) is 2.74. The molecule has 4 rings (SSSR count). The van der Waals surface area contributed by atoms with Crippen LogP contribution in [0.4, 0.5) is 11.4 Å². The Bertz CT molecular complexity index is 1500. The summed E-state index contributed by atoms with van der Waals surface area (Å²) in [6.45, 7) is 7.32. The largest absolute Gasteiger partial charge is 0.279 e. The highest BCUT2D eigenvalue weighted by Crippen LogP contribution is 2.33. The number of hydrogen-bond acceptors (Lipinski definition) is 4. The van der Waals surface area contributed by atoms with E-state index in [1.165, 1.54) is 0 Å². The Labute approximate surface area is 200 Å². The molecule has 0 spiro atoms. The quantitative estimate of drug-likeness (QED) is 0.361. The highest BCUT2D eigenvalue weighted by atomic mass is 32.2. The summed E-state index contributed by atoms with van der Waals surface area (Å²) in [5.41, 5.74) is 3.98. The molecule has 2 N–H and O–H groups in total. The molecule has 0 aliphatic rings. The van der Waals surface area contributed by atoms with Gasteiger partial charge in [0, 0.05) is 10.8 Å². The molecule has 0 bridgehead atoms. The Kier molecular flexibility index (Phi) is 6.14. The second-order valence-corrected chi connectivity index (χ2v) is 11.8. The number of nitrogens with one attached hydrogen (secondary N) is 2. The minimum atomic E-state index is -3.84. The summed E-state index contributed by atoms with van der Waals surface area (Å²) in [5, 5.41) is 1.16. The Morgan fingerprint density at radius 2 is 0.912 bits per heavy atom. The summed E-state index contributed by atoms with van der Waals surface area (Å²) in [6.07, 6.45) is 0. The highest BCUT2D eigenvalue weighted by Gasteiger charge is 2.21. The van der Waals surface area contributed by atoms with Gasteiger partial charge in [-0.25, -0.2) is 16.8 Å². The zero-order chi connectivity index (χ0) is 24.7. The van der Waals surface area contributed by atoms with E-state index in [1.54, 1.807) is 74.5 Å². The van der Waals surface area contributed by atoms with Crippen molar-refractivity contribution in [1.82, 2.24) is 0 Å². The molecule has 176 valence electrons. The first kappa shape index (κ1) is 23.8. The van der Waals surface area contributed by atoms with Gasteiger partial charge in [0.05, 0.1) is 21.2 Å². The van der Waals surface area contributed by atoms with Gasteiger partial charge in [0.2, 0.25) is 0 Å². The van der Waals surface area contributed by atoms with Crippen molar-refractivity contribution >= 4 is 42.2 Å². The van der Waals surface area contributed by atoms with Crippen LogP contribution < -0.4 is 9.44 Å². The van der Waals surface area contributed by atoms with Crippen LogP contribution in [-0.4, -0.2) is 16.8 Å². The summed E-state index contributed by atoms with van der Waals surface area (Å²) in [4.78, 5) is 0.392. The normalized spacial score (nSPS) is 12.0. The number of sulfonamides is 2. The maximum Gasteiger partial charge on any atom is 0.262 e. The molecule has 0 aromatic heterocycles. The fourth-order valence-corrected chi connectivity index (χ4v) is 6.69. The first-order valence-corrected chi connectivity index (χ1v) is 13.7. The van der Waals surface area contributed by atoms with E-state index in [9.17, 15) is 16.8 Å². The van der Waals surface area contributed by atoms with Crippen LogP contribution in [0.5, 0.6) is 0 Å². The van der Waals surface area contributed by atoms with Crippen LogP contribution in [0.3, 0.4) is 0 Å². The lowest BCUT2D eigenvalue weighted by atomic mass is 10.1. The topological polar surface area (TPSA) is 92.3 Å². The van der Waals surface area contributed by atoms with Gasteiger partial charge in [0.1, 0.15) is 0 Å². The van der Waals surface area contributed by atoms with E-state index in [4.69, 9.17) is 0 Å². The van der Waals surface area contributed by atoms with Crippen molar-refractivity contribution in [3.8, 4) is 0 Å². The van der Waals surface area contributed by atoms with Crippen LogP contribution in [-0.2, 0) is 20.0 Å². The predicted octanol–water partition coefficient (Wildman–Crippen LogP) is 5.68. The van der Waals surface area contributed by atoms with Crippen molar-refractivity contribution in [3.63, 3.8) is 0 Å². The number of aryl methyl sites for hydroxylation is 4. The number of hydrogen-bond donors (Lipinski definition) is 2. The highest BCUT2D eigenvalue weighted by molar-refractivity contribution is 7.93. The van der Waals surface area contributed by atoms with E-state index < -0.39 is 20.0 Å². The zero-order valence-electron chi connectivity index (χ0n) is 19.4. The Morgan fingerprint density at radius 1 is 0.529 bits per heavy atom. The molecule has 0 atom stereocenters. The predicted molar refractivity (Wildman–Crippen MR) is 137 cm³/mol. The number of anilines is 2. The summed E-state index contributed by atoms with van der Waals surface area (Å²) < 4.78 is 57.8. The van der Waals surface area contributed by atoms with Crippen molar-refractivity contribution in [2.45, 2.75) is 37.5 Å². The van der Waals surface area contributed by atoms with Crippen LogP contribution in [0.2, 0.25) is 0 Å². The van der Waals surface area contributed by atoms with Crippen LogP contribution in [0.15, 0.2) is 82.6 Å². The van der Waals surface area contributed by atoms with Crippen molar-refractivity contribution in [2.24, 2.45) is 0 Å². The third kappa shape index (κ3) is 4.64. The number of benzene rings is 4. The average molecular weight is 495 g/mol. The van der Waals surface area contributed by atoms with Crippen LogP contribution >= 0.6 is 0 Å². The van der Waals surface area contributed by atoms with Gasteiger partial charge < -0.3 is 0 Å². The summed E-state index contributed by atoms with van der Waals surface area (Å²) in [6, 6.07) is 20.5. The molecule has 0 aliphatic carbocycles. The number of fused-ring (bicyclic) bond motifs is 1. The first-order valence-electron chi connectivity index (χ1n) is 10.7. The Morgan fingerprint density at radius 3 is 1.26 bits per heavy atom. The fraction of sp³-hybridized carbons (Fsp3) is 0.154. The van der Waals surface area contributed by atoms with Gasteiger partial charge in [-0.2, -0.15) is 0 Å². The van der Waals surface area contributed by atoms with E-state index in [0.717, 1.165) is 11.1 Å². The molecule has 0 saturated heterocycles.